The van der Waals surface area contributed by atoms with Crippen LogP contribution in [0.1, 0.15) is 11.1 Å². The molecule has 4 aromatic carbocycles. The molecule has 0 saturated heterocycles. The van der Waals surface area contributed by atoms with Gasteiger partial charge in [-0.1, -0.05) is 12.1 Å². The molecule has 180 valence electrons. The molecule has 0 atom stereocenters. The number of halogens is 6. The summed E-state index contributed by atoms with van der Waals surface area (Å²) < 4.78 is 93.7. The first kappa shape index (κ1) is 24.0. The van der Waals surface area contributed by atoms with Gasteiger partial charge in [-0.05, 0) is 84.9 Å². The Balaban J connectivity index is 1.37. The van der Waals surface area contributed by atoms with Crippen LogP contribution in [-0.4, -0.2) is 0 Å². The number of hydrogen-bond donors (Lipinski definition) is 0. The van der Waals surface area contributed by atoms with Crippen LogP contribution in [0, 0.1) is 0 Å². The average Bonchev–Trinajstić information content (AvgIpc) is 2.81. The molecule has 0 unspecified atom stereocenters. The maximum Gasteiger partial charge on any atom is 0.416 e. The minimum absolute atomic E-state index is 0.0462. The predicted molar refractivity (Wildman–Crippen MR) is 116 cm³/mol. The highest BCUT2D eigenvalue weighted by Crippen LogP contribution is 2.35. The van der Waals surface area contributed by atoms with Crippen LogP contribution >= 0.6 is 0 Å². The summed E-state index contributed by atoms with van der Waals surface area (Å²) >= 11 is 0. The summed E-state index contributed by atoms with van der Waals surface area (Å²) in [6.45, 7) is 0. The Kier molecular flexibility index (Phi) is 6.59. The number of rotatable bonds is 6. The highest BCUT2D eigenvalue weighted by Gasteiger charge is 2.31. The van der Waals surface area contributed by atoms with Crippen LogP contribution in [0.25, 0.3) is 0 Å². The second kappa shape index (κ2) is 9.61. The molecule has 3 nitrogen and oxygen atoms in total. The van der Waals surface area contributed by atoms with Crippen LogP contribution in [0.4, 0.5) is 26.3 Å². The van der Waals surface area contributed by atoms with E-state index in [9.17, 15) is 26.3 Å². The molecule has 9 heteroatoms. The Morgan fingerprint density at radius 3 is 0.943 bits per heavy atom. The van der Waals surface area contributed by atoms with Crippen LogP contribution in [0.15, 0.2) is 97.1 Å². The molecule has 0 radical (unpaired) electrons. The van der Waals surface area contributed by atoms with Gasteiger partial charge in [-0.2, -0.15) is 26.3 Å². The van der Waals surface area contributed by atoms with Crippen molar-refractivity contribution in [3.8, 4) is 34.5 Å². The zero-order valence-electron chi connectivity index (χ0n) is 17.7. The smallest absolute Gasteiger partial charge is 0.416 e. The van der Waals surface area contributed by atoms with Crippen LogP contribution in [-0.2, 0) is 12.4 Å². The Hall–Kier alpha value is -4.14. The van der Waals surface area contributed by atoms with E-state index >= 15 is 0 Å². The summed E-state index contributed by atoms with van der Waals surface area (Å²) in [5.74, 6) is 1.61. The van der Waals surface area contributed by atoms with Gasteiger partial charge in [0.25, 0.3) is 0 Å². The van der Waals surface area contributed by atoms with Crippen molar-refractivity contribution in [1.82, 2.24) is 0 Å². The number of hydrogen-bond acceptors (Lipinski definition) is 3. The fraction of sp³-hybridized carbons (Fsp3) is 0.0769. The van der Waals surface area contributed by atoms with Crippen molar-refractivity contribution >= 4 is 0 Å². The van der Waals surface area contributed by atoms with E-state index in [4.69, 9.17) is 14.2 Å². The van der Waals surface area contributed by atoms with Crippen LogP contribution < -0.4 is 14.2 Å². The van der Waals surface area contributed by atoms with Crippen LogP contribution in [0.2, 0.25) is 0 Å². The van der Waals surface area contributed by atoms with Gasteiger partial charge in [0, 0.05) is 0 Å². The van der Waals surface area contributed by atoms with E-state index in [1.807, 2.05) is 0 Å². The van der Waals surface area contributed by atoms with Crippen molar-refractivity contribution in [2.45, 2.75) is 12.4 Å². The molecular weight excluding hydrogens is 474 g/mol. The van der Waals surface area contributed by atoms with Crippen molar-refractivity contribution in [2.24, 2.45) is 0 Å². The molecule has 0 bridgehead atoms. The zero-order chi connectivity index (χ0) is 25.1. The molecule has 0 aliphatic rings. The molecule has 0 amide bonds. The van der Waals surface area contributed by atoms with Crippen molar-refractivity contribution in [1.29, 1.82) is 0 Å². The van der Waals surface area contributed by atoms with Gasteiger partial charge in [0.05, 0.1) is 11.1 Å². The molecule has 0 spiro atoms. The molecule has 0 N–H and O–H groups in total. The third kappa shape index (κ3) is 6.47. The summed E-state index contributed by atoms with van der Waals surface area (Å²) in [6.07, 6.45) is -8.94. The van der Waals surface area contributed by atoms with Gasteiger partial charge in [-0.15, -0.1) is 0 Å². The molecule has 0 aliphatic heterocycles. The monoisotopic (exact) mass is 490 g/mol. The van der Waals surface area contributed by atoms with Gasteiger partial charge >= 0.3 is 12.4 Å². The minimum Gasteiger partial charge on any atom is -0.457 e. The van der Waals surface area contributed by atoms with Crippen LogP contribution in [0.5, 0.6) is 34.5 Å². The highest BCUT2D eigenvalue weighted by molar-refractivity contribution is 5.41. The first-order chi connectivity index (χ1) is 16.6. The Bertz CT molecular complexity index is 1180. The number of benzene rings is 4. The quantitative estimate of drug-likeness (QED) is 0.252. The van der Waals surface area contributed by atoms with E-state index in [0.29, 0.717) is 23.0 Å². The molecule has 0 fully saturated rings. The molecule has 4 rings (SSSR count). The molecule has 0 heterocycles. The van der Waals surface area contributed by atoms with Gasteiger partial charge < -0.3 is 14.2 Å². The summed E-state index contributed by atoms with van der Waals surface area (Å²) in [5.41, 5.74) is -1.62. The molecule has 0 aliphatic carbocycles. The first-order valence-corrected chi connectivity index (χ1v) is 10.1. The molecule has 0 aromatic heterocycles. The van der Waals surface area contributed by atoms with Crippen molar-refractivity contribution in [2.75, 3.05) is 0 Å². The van der Waals surface area contributed by atoms with Gasteiger partial charge in [-0.3, -0.25) is 0 Å². The zero-order valence-corrected chi connectivity index (χ0v) is 17.7. The van der Waals surface area contributed by atoms with E-state index in [0.717, 1.165) is 24.3 Å². The lowest BCUT2D eigenvalue weighted by Crippen LogP contribution is -2.04. The summed E-state index contributed by atoms with van der Waals surface area (Å²) in [7, 11) is 0. The van der Waals surface area contributed by atoms with E-state index in [2.05, 4.69) is 0 Å². The third-order valence-corrected chi connectivity index (χ3v) is 4.68. The normalized spacial score (nSPS) is 11.7. The fourth-order valence-corrected chi connectivity index (χ4v) is 3.03. The van der Waals surface area contributed by atoms with E-state index < -0.39 is 23.5 Å². The SMILES string of the molecule is FC(F)(F)c1cccc(Oc2ccc(Oc3ccc(Oc4cccc(C(F)(F)F)c4)cc3)cc2)c1. The first-order valence-electron chi connectivity index (χ1n) is 10.1. The summed E-state index contributed by atoms with van der Waals surface area (Å²) in [4.78, 5) is 0. The minimum atomic E-state index is -4.47. The molecule has 4 aromatic rings. The second-order valence-corrected chi connectivity index (χ2v) is 7.30. The molecule has 35 heavy (non-hydrogen) atoms. The van der Waals surface area contributed by atoms with Gasteiger partial charge in [0.1, 0.15) is 34.5 Å². The highest BCUT2D eigenvalue weighted by atomic mass is 19.4. The molecular formula is C26H16F6O3. The van der Waals surface area contributed by atoms with E-state index in [-0.39, 0.29) is 11.5 Å². The average molecular weight is 490 g/mol. The fourth-order valence-electron chi connectivity index (χ4n) is 3.03. The predicted octanol–water partition coefficient (Wildman–Crippen LogP) is 9.10. The second-order valence-electron chi connectivity index (χ2n) is 7.30. The Morgan fingerprint density at radius 1 is 0.371 bits per heavy atom. The van der Waals surface area contributed by atoms with E-state index in [1.54, 1.807) is 48.5 Å². The lowest BCUT2D eigenvalue weighted by Gasteiger charge is -2.11. The number of alkyl halides is 6. The van der Waals surface area contributed by atoms with E-state index in [1.165, 1.54) is 24.3 Å². The largest absolute Gasteiger partial charge is 0.457 e. The maximum absolute atomic E-state index is 12.8. The lowest BCUT2D eigenvalue weighted by atomic mass is 10.2. The standard InChI is InChI=1S/C26H16F6O3/c27-25(28,29)17-3-1-5-23(15-17)34-21-11-7-19(8-12-21)33-20-9-13-22(14-10-20)35-24-6-2-4-18(16-24)26(30,31)32/h1-16H. The summed E-state index contributed by atoms with van der Waals surface area (Å²) in [5, 5.41) is 0. The van der Waals surface area contributed by atoms with Crippen molar-refractivity contribution < 1.29 is 40.6 Å². The van der Waals surface area contributed by atoms with Gasteiger partial charge in [0.15, 0.2) is 0 Å². The van der Waals surface area contributed by atoms with Gasteiger partial charge in [-0.25, -0.2) is 0 Å². The Morgan fingerprint density at radius 2 is 0.657 bits per heavy atom. The lowest BCUT2D eigenvalue weighted by molar-refractivity contribution is -0.138. The van der Waals surface area contributed by atoms with Crippen molar-refractivity contribution in [3.63, 3.8) is 0 Å². The van der Waals surface area contributed by atoms with Crippen LogP contribution in [0.3, 0.4) is 0 Å². The molecule has 0 saturated carbocycles. The van der Waals surface area contributed by atoms with Crippen molar-refractivity contribution in [3.05, 3.63) is 108 Å². The summed E-state index contributed by atoms with van der Waals surface area (Å²) in [6, 6.07) is 21.6. The maximum atomic E-state index is 12.8. The topological polar surface area (TPSA) is 27.7 Å². The number of ether oxygens (including phenoxy) is 3. The third-order valence-electron chi connectivity index (χ3n) is 4.68. The van der Waals surface area contributed by atoms with Gasteiger partial charge in [0.2, 0.25) is 0 Å². The Labute approximate surface area is 196 Å².